The van der Waals surface area contributed by atoms with Gasteiger partial charge in [-0.2, -0.15) is 0 Å². The second-order valence-corrected chi connectivity index (χ2v) is 10.8. The first-order valence-electron chi connectivity index (χ1n) is 11.0. The lowest BCUT2D eigenvalue weighted by atomic mass is 10.1. The highest BCUT2D eigenvalue weighted by molar-refractivity contribution is 7.93. The number of carbonyl (C=O) groups excluding carboxylic acids is 1. The Kier molecular flexibility index (Phi) is 7.08. The van der Waals surface area contributed by atoms with Crippen LogP contribution in [-0.4, -0.2) is 46.1 Å². The largest absolute Gasteiger partial charge is 0.477 e. The van der Waals surface area contributed by atoms with E-state index in [0.29, 0.717) is 59.5 Å². The van der Waals surface area contributed by atoms with Crippen molar-refractivity contribution in [3.05, 3.63) is 47.1 Å². The number of aromatic nitrogens is 4. The molecule has 10 nitrogen and oxygen atoms in total. The van der Waals surface area contributed by atoms with Gasteiger partial charge >= 0.3 is 0 Å². The van der Waals surface area contributed by atoms with Crippen molar-refractivity contribution in [2.75, 3.05) is 11.3 Å². The maximum atomic E-state index is 13.0. The van der Waals surface area contributed by atoms with Crippen LogP contribution in [0, 0.1) is 6.92 Å². The number of hydrogen-bond acceptors (Lipinski definition) is 9. The SMILES string of the molecule is CCOc1cncc(-c2sc(C(=O)N[C@H](CC)c3cc(NS(=O)(=O)C4CC4)ccn3)nc2C)n1. The first-order chi connectivity index (χ1) is 16.3. The molecule has 12 heteroatoms. The number of nitrogens with one attached hydrogen (secondary N) is 2. The van der Waals surface area contributed by atoms with E-state index in [2.05, 4.69) is 30.0 Å². The van der Waals surface area contributed by atoms with E-state index in [4.69, 9.17) is 4.74 Å². The smallest absolute Gasteiger partial charge is 0.280 e. The topological polar surface area (TPSA) is 136 Å². The number of ether oxygens (including phenoxy) is 1. The summed E-state index contributed by atoms with van der Waals surface area (Å²) in [6.45, 7) is 6.07. The number of sulfonamides is 1. The lowest BCUT2D eigenvalue weighted by Crippen LogP contribution is -2.28. The minimum Gasteiger partial charge on any atom is -0.477 e. The Bertz CT molecular complexity index is 1290. The van der Waals surface area contributed by atoms with Crippen LogP contribution in [0.2, 0.25) is 0 Å². The van der Waals surface area contributed by atoms with E-state index in [1.807, 2.05) is 20.8 Å². The highest BCUT2D eigenvalue weighted by Gasteiger charge is 2.35. The van der Waals surface area contributed by atoms with Crippen LogP contribution < -0.4 is 14.8 Å². The van der Waals surface area contributed by atoms with E-state index in [1.165, 1.54) is 23.7 Å². The molecule has 3 aromatic rings. The summed E-state index contributed by atoms with van der Waals surface area (Å²) in [4.78, 5) is 31.1. The second-order valence-electron chi connectivity index (χ2n) is 7.86. The number of thiazole rings is 1. The molecule has 0 unspecified atom stereocenters. The normalized spacial score (nSPS) is 14.4. The molecule has 1 aliphatic carbocycles. The van der Waals surface area contributed by atoms with Gasteiger partial charge in [0.15, 0.2) is 5.01 Å². The minimum absolute atomic E-state index is 0.292. The van der Waals surface area contributed by atoms with E-state index in [1.54, 1.807) is 18.3 Å². The predicted octanol–water partition coefficient (Wildman–Crippen LogP) is 3.49. The fourth-order valence-electron chi connectivity index (χ4n) is 3.34. The Balaban J connectivity index is 1.50. The lowest BCUT2D eigenvalue weighted by Gasteiger charge is -2.17. The first kappa shape index (κ1) is 24.0. The third-order valence-corrected chi connectivity index (χ3v) is 8.25. The summed E-state index contributed by atoms with van der Waals surface area (Å²) in [5.74, 6) is 0.0685. The van der Waals surface area contributed by atoms with Crippen LogP contribution in [0.15, 0.2) is 30.7 Å². The minimum atomic E-state index is -3.38. The van der Waals surface area contributed by atoms with Gasteiger partial charge in [-0.3, -0.25) is 19.5 Å². The second kappa shape index (κ2) is 10.0. The lowest BCUT2D eigenvalue weighted by molar-refractivity contribution is 0.0934. The number of hydrogen-bond donors (Lipinski definition) is 2. The van der Waals surface area contributed by atoms with Crippen LogP contribution in [-0.2, 0) is 10.0 Å². The fraction of sp³-hybridized carbons (Fsp3) is 0.409. The van der Waals surface area contributed by atoms with Gasteiger partial charge in [0, 0.05) is 6.20 Å². The number of pyridine rings is 1. The molecule has 0 saturated heterocycles. The van der Waals surface area contributed by atoms with Crippen molar-refractivity contribution in [3.8, 4) is 16.5 Å². The Hall–Kier alpha value is -3.12. The summed E-state index contributed by atoms with van der Waals surface area (Å²) in [6.07, 6.45) is 6.60. The number of rotatable bonds is 10. The Morgan fingerprint density at radius 3 is 2.76 bits per heavy atom. The molecule has 0 spiro atoms. The van der Waals surface area contributed by atoms with Crippen molar-refractivity contribution >= 4 is 33.0 Å². The van der Waals surface area contributed by atoms with Gasteiger partial charge in [-0.15, -0.1) is 11.3 Å². The molecule has 1 atom stereocenters. The van der Waals surface area contributed by atoms with Crippen molar-refractivity contribution in [1.29, 1.82) is 0 Å². The van der Waals surface area contributed by atoms with Crippen LogP contribution >= 0.6 is 11.3 Å². The van der Waals surface area contributed by atoms with Crippen LogP contribution in [0.3, 0.4) is 0 Å². The Morgan fingerprint density at radius 2 is 2.06 bits per heavy atom. The molecule has 180 valence electrons. The zero-order valence-corrected chi connectivity index (χ0v) is 20.7. The van der Waals surface area contributed by atoms with Crippen molar-refractivity contribution in [3.63, 3.8) is 0 Å². The van der Waals surface area contributed by atoms with E-state index >= 15 is 0 Å². The van der Waals surface area contributed by atoms with Crippen molar-refractivity contribution in [2.45, 2.75) is 51.3 Å². The highest BCUT2D eigenvalue weighted by atomic mass is 32.2. The van der Waals surface area contributed by atoms with Gasteiger partial charge in [0.2, 0.25) is 15.9 Å². The van der Waals surface area contributed by atoms with E-state index in [0.717, 1.165) is 4.88 Å². The average molecular weight is 503 g/mol. The number of nitrogens with zero attached hydrogens (tertiary/aromatic N) is 4. The average Bonchev–Trinajstić information content (AvgIpc) is 3.60. The van der Waals surface area contributed by atoms with E-state index < -0.39 is 16.1 Å². The first-order valence-corrected chi connectivity index (χ1v) is 13.4. The summed E-state index contributed by atoms with van der Waals surface area (Å²) < 4.78 is 32.5. The molecule has 0 aliphatic heterocycles. The molecule has 4 rings (SSSR count). The molecule has 1 fully saturated rings. The van der Waals surface area contributed by atoms with Gasteiger partial charge < -0.3 is 10.1 Å². The number of anilines is 1. The number of aryl methyl sites for hydroxylation is 1. The zero-order valence-electron chi connectivity index (χ0n) is 19.1. The van der Waals surface area contributed by atoms with Crippen LogP contribution in [0.4, 0.5) is 5.69 Å². The van der Waals surface area contributed by atoms with Gasteiger partial charge in [-0.1, -0.05) is 6.92 Å². The molecule has 3 heterocycles. The highest BCUT2D eigenvalue weighted by Crippen LogP contribution is 2.31. The van der Waals surface area contributed by atoms with Crippen molar-refractivity contribution in [2.24, 2.45) is 0 Å². The van der Waals surface area contributed by atoms with E-state index in [9.17, 15) is 13.2 Å². The summed E-state index contributed by atoms with van der Waals surface area (Å²) in [5.41, 5.74) is 2.26. The van der Waals surface area contributed by atoms with Crippen molar-refractivity contribution in [1.82, 2.24) is 25.3 Å². The molecule has 1 amide bonds. The van der Waals surface area contributed by atoms with Crippen molar-refractivity contribution < 1.29 is 17.9 Å². The maximum absolute atomic E-state index is 13.0. The van der Waals surface area contributed by atoms with Gasteiger partial charge in [-0.25, -0.2) is 18.4 Å². The molecule has 1 aliphatic rings. The third kappa shape index (κ3) is 5.50. The molecular formula is C22H26N6O4S2. The zero-order chi connectivity index (χ0) is 24.3. The Morgan fingerprint density at radius 1 is 1.26 bits per heavy atom. The van der Waals surface area contributed by atoms with Crippen LogP contribution in [0.5, 0.6) is 5.88 Å². The quantitative estimate of drug-likeness (QED) is 0.430. The summed E-state index contributed by atoms with van der Waals surface area (Å²) in [7, 11) is -3.38. The fourth-order valence-corrected chi connectivity index (χ4v) is 5.64. The molecular weight excluding hydrogens is 476 g/mol. The van der Waals surface area contributed by atoms with Crippen LogP contribution in [0.1, 0.15) is 60.3 Å². The van der Waals surface area contributed by atoms with Gasteiger partial charge in [0.25, 0.3) is 5.91 Å². The van der Waals surface area contributed by atoms with Gasteiger partial charge in [0.05, 0.1) is 52.2 Å². The maximum Gasteiger partial charge on any atom is 0.280 e. The standard InChI is InChI=1S/C22H26N6O4S2/c1-4-16(17-10-14(8-9-24-17)28-34(30,31)15-6-7-15)27-21(29)22-25-13(3)20(33-22)18-11-23-12-19(26-18)32-5-2/h8-12,15-16H,4-7H2,1-3H3,(H,24,28)(H,27,29)/t16-/m1/s1. The van der Waals surface area contributed by atoms with Gasteiger partial charge in [-0.05, 0) is 45.2 Å². The molecule has 0 bridgehead atoms. The van der Waals surface area contributed by atoms with E-state index in [-0.39, 0.29) is 11.2 Å². The number of carbonyl (C=O) groups is 1. The summed E-state index contributed by atoms with van der Waals surface area (Å²) in [5, 5.41) is 2.92. The molecule has 2 N–H and O–H groups in total. The van der Waals surface area contributed by atoms with Gasteiger partial charge in [0.1, 0.15) is 5.69 Å². The summed E-state index contributed by atoms with van der Waals surface area (Å²) in [6, 6.07) is 2.85. The molecule has 0 radical (unpaired) electrons. The monoisotopic (exact) mass is 502 g/mol. The summed E-state index contributed by atoms with van der Waals surface area (Å²) >= 11 is 1.22. The molecule has 1 saturated carbocycles. The van der Waals surface area contributed by atoms with Crippen LogP contribution in [0.25, 0.3) is 10.6 Å². The third-order valence-electron chi connectivity index (χ3n) is 5.20. The molecule has 3 aromatic heterocycles. The number of amides is 1. The Labute approximate surface area is 202 Å². The molecule has 0 aromatic carbocycles. The molecule has 34 heavy (non-hydrogen) atoms. The predicted molar refractivity (Wildman–Crippen MR) is 129 cm³/mol.